The number of methoxy groups -OCH3 is 1. The summed E-state index contributed by atoms with van der Waals surface area (Å²) in [6.07, 6.45) is 0.988. The van der Waals surface area contributed by atoms with E-state index < -0.39 is 0 Å². The predicted molar refractivity (Wildman–Crippen MR) is 89.5 cm³/mol. The van der Waals surface area contributed by atoms with E-state index in [0.29, 0.717) is 18.0 Å². The van der Waals surface area contributed by atoms with Crippen molar-refractivity contribution in [2.75, 3.05) is 13.7 Å². The molecule has 2 rings (SSSR count). The van der Waals surface area contributed by atoms with Gasteiger partial charge in [0.05, 0.1) is 7.11 Å². The summed E-state index contributed by atoms with van der Waals surface area (Å²) in [7, 11) is 1.62. The Kier molecular flexibility index (Phi) is 5.59. The Morgan fingerprint density at radius 1 is 1.18 bits per heavy atom. The van der Waals surface area contributed by atoms with Gasteiger partial charge in [0.1, 0.15) is 5.75 Å². The molecular formula is C19H23NO2. The zero-order chi connectivity index (χ0) is 15.9. The fourth-order valence-electron chi connectivity index (χ4n) is 2.50. The van der Waals surface area contributed by atoms with E-state index in [1.165, 1.54) is 5.56 Å². The molecule has 116 valence electrons. The van der Waals surface area contributed by atoms with Crippen molar-refractivity contribution in [3.8, 4) is 5.75 Å². The first-order chi connectivity index (χ1) is 10.7. The largest absolute Gasteiger partial charge is 0.496 e. The Labute approximate surface area is 132 Å². The molecule has 3 nitrogen and oxygen atoms in total. The summed E-state index contributed by atoms with van der Waals surface area (Å²) in [6.45, 7) is 4.73. The first-order valence-electron chi connectivity index (χ1n) is 7.63. The molecule has 3 heteroatoms. The Morgan fingerprint density at radius 3 is 2.55 bits per heavy atom. The van der Waals surface area contributed by atoms with Gasteiger partial charge in [0.2, 0.25) is 0 Å². The second-order valence-electron chi connectivity index (χ2n) is 5.41. The molecule has 0 fully saturated rings. The van der Waals surface area contributed by atoms with Gasteiger partial charge in [-0.2, -0.15) is 0 Å². The van der Waals surface area contributed by atoms with Gasteiger partial charge in [-0.25, -0.2) is 0 Å². The van der Waals surface area contributed by atoms with E-state index in [0.717, 1.165) is 17.7 Å². The molecule has 2 aromatic rings. The second kappa shape index (κ2) is 7.64. The molecular weight excluding hydrogens is 274 g/mol. The number of hydrogen-bond donors (Lipinski definition) is 1. The molecule has 2 aromatic carbocycles. The van der Waals surface area contributed by atoms with Crippen molar-refractivity contribution < 1.29 is 9.53 Å². The van der Waals surface area contributed by atoms with Gasteiger partial charge < -0.3 is 10.1 Å². The van der Waals surface area contributed by atoms with E-state index in [1.807, 2.05) is 37.3 Å². The smallest absolute Gasteiger partial charge is 0.251 e. The molecule has 0 bridgehead atoms. The van der Waals surface area contributed by atoms with E-state index in [9.17, 15) is 4.79 Å². The fraction of sp³-hybridized carbons (Fsp3) is 0.316. The standard InChI is InChI=1S/C19H23NO2/c1-4-15(16-8-6-5-7-9-16)13-20-19(21)17-11-10-14(2)18(12-17)22-3/h5-12,15H,4,13H2,1-3H3,(H,20,21). The second-order valence-corrected chi connectivity index (χ2v) is 5.41. The van der Waals surface area contributed by atoms with Gasteiger partial charge in [0.25, 0.3) is 5.91 Å². The third-order valence-electron chi connectivity index (χ3n) is 3.94. The number of rotatable bonds is 6. The molecule has 0 aliphatic carbocycles. The highest BCUT2D eigenvalue weighted by molar-refractivity contribution is 5.94. The highest BCUT2D eigenvalue weighted by Gasteiger charge is 2.13. The van der Waals surface area contributed by atoms with Crippen molar-refractivity contribution in [2.24, 2.45) is 0 Å². The van der Waals surface area contributed by atoms with E-state index >= 15 is 0 Å². The van der Waals surface area contributed by atoms with Crippen molar-refractivity contribution >= 4 is 5.91 Å². The molecule has 0 aliphatic rings. The lowest BCUT2D eigenvalue weighted by molar-refractivity contribution is 0.0950. The molecule has 1 atom stereocenters. The summed E-state index contributed by atoms with van der Waals surface area (Å²) < 4.78 is 5.27. The highest BCUT2D eigenvalue weighted by atomic mass is 16.5. The average Bonchev–Trinajstić information content (AvgIpc) is 2.56. The SMILES string of the molecule is CCC(CNC(=O)c1ccc(C)c(OC)c1)c1ccccc1. The van der Waals surface area contributed by atoms with Crippen LogP contribution in [0.25, 0.3) is 0 Å². The molecule has 22 heavy (non-hydrogen) atoms. The minimum atomic E-state index is -0.0623. The molecule has 1 amide bonds. The first kappa shape index (κ1) is 16.1. The maximum absolute atomic E-state index is 12.3. The highest BCUT2D eigenvalue weighted by Crippen LogP contribution is 2.20. The maximum atomic E-state index is 12.3. The fourth-order valence-corrected chi connectivity index (χ4v) is 2.50. The van der Waals surface area contributed by atoms with Crippen molar-refractivity contribution in [2.45, 2.75) is 26.2 Å². The van der Waals surface area contributed by atoms with Crippen LogP contribution in [-0.2, 0) is 0 Å². The summed E-state index contributed by atoms with van der Waals surface area (Å²) >= 11 is 0. The number of carbonyl (C=O) groups is 1. The normalized spacial score (nSPS) is 11.8. The Hall–Kier alpha value is -2.29. The topological polar surface area (TPSA) is 38.3 Å². The minimum absolute atomic E-state index is 0.0623. The zero-order valence-electron chi connectivity index (χ0n) is 13.4. The maximum Gasteiger partial charge on any atom is 0.251 e. The van der Waals surface area contributed by atoms with Gasteiger partial charge >= 0.3 is 0 Å². The summed E-state index contributed by atoms with van der Waals surface area (Å²) in [5.41, 5.74) is 2.91. The quantitative estimate of drug-likeness (QED) is 0.877. The van der Waals surface area contributed by atoms with E-state index in [1.54, 1.807) is 13.2 Å². The van der Waals surface area contributed by atoms with Gasteiger partial charge in [-0.3, -0.25) is 4.79 Å². The molecule has 0 spiro atoms. The summed E-state index contributed by atoms with van der Waals surface area (Å²) in [6, 6.07) is 15.8. The van der Waals surface area contributed by atoms with Crippen LogP contribution in [0.3, 0.4) is 0 Å². The molecule has 0 radical (unpaired) electrons. The Bertz CT molecular complexity index is 623. The van der Waals surface area contributed by atoms with Crippen LogP contribution >= 0.6 is 0 Å². The lowest BCUT2D eigenvalue weighted by atomic mass is 9.96. The number of nitrogens with one attached hydrogen (secondary N) is 1. The van der Waals surface area contributed by atoms with Crippen LogP contribution in [0.4, 0.5) is 0 Å². The number of carbonyl (C=O) groups excluding carboxylic acids is 1. The molecule has 0 heterocycles. The van der Waals surface area contributed by atoms with Gasteiger partial charge in [-0.05, 0) is 36.6 Å². The van der Waals surface area contributed by atoms with Gasteiger partial charge in [0, 0.05) is 18.0 Å². The summed E-state index contributed by atoms with van der Waals surface area (Å²) in [4.78, 5) is 12.3. The van der Waals surface area contributed by atoms with Gasteiger partial charge in [0.15, 0.2) is 0 Å². The van der Waals surface area contributed by atoms with Gasteiger partial charge in [-0.1, -0.05) is 43.3 Å². The van der Waals surface area contributed by atoms with Crippen molar-refractivity contribution in [1.82, 2.24) is 5.32 Å². The van der Waals surface area contributed by atoms with Crippen LogP contribution in [0.1, 0.15) is 40.7 Å². The van der Waals surface area contributed by atoms with Gasteiger partial charge in [-0.15, -0.1) is 0 Å². The van der Waals surface area contributed by atoms with Crippen LogP contribution in [0.2, 0.25) is 0 Å². The number of ether oxygens (including phenoxy) is 1. The molecule has 1 unspecified atom stereocenters. The van der Waals surface area contributed by atoms with Crippen LogP contribution in [0.15, 0.2) is 48.5 Å². The Morgan fingerprint density at radius 2 is 1.91 bits per heavy atom. The number of amides is 1. The monoisotopic (exact) mass is 297 g/mol. The van der Waals surface area contributed by atoms with E-state index in [2.05, 4.69) is 24.4 Å². The first-order valence-corrected chi connectivity index (χ1v) is 7.63. The van der Waals surface area contributed by atoms with Crippen LogP contribution in [0, 0.1) is 6.92 Å². The molecule has 0 saturated heterocycles. The lowest BCUT2D eigenvalue weighted by Crippen LogP contribution is -2.28. The zero-order valence-corrected chi connectivity index (χ0v) is 13.4. The summed E-state index contributed by atoms with van der Waals surface area (Å²) in [5, 5.41) is 3.02. The van der Waals surface area contributed by atoms with Crippen molar-refractivity contribution in [3.05, 3.63) is 65.2 Å². The molecule has 0 aromatic heterocycles. The molecule has 1 N–H and O–H groups in total. The van der Waals surface area contributed by atoms with Crippen molar-refractivity contribution in [1.29, 1.82) is 0 Å². The van der Waals surface area contributed by atoms with Crippen LogP contribution in [-0.4, -0.2) is 19.6 Å². The number of aryl methyl sites for hydroxylation is 1. The number of benzene rings is 2. The predicted octanol–water partition coefficient (Wildman–Crippen LogP) is 3.93. The van der Waals surface area contributed by atoms with Crippen LogP contribution in [0.5, 0.6) is 5.75 Å². The molecule has 0 saturated carbocycles. The number of hydrogen-bond acceptors (Lipinski definition) is 2. The lowest BCUT2D eigenvalue weighted by Gasteiger charge is -2.16. The molecule has 0 aliphatic heterocycles. The third kappa shape index (κ3) is 3.88. The average molecular weight is 297 g/mol. The van der Waals surface area contributed by atoms with E-state index in [-0.39, 0.29) is 5.91 Å². The summed E-state index contributed by atoms with van der Waals surface area (Å²) in [5.74, 6) is 1.01. The van der Waals surface area contributed by atoms with Crippen molar-refractivity contribution in [3.63, 3.8) is 0 Å². The Balaban J connectivity index is 2.03. The minimum Gasteiger partial charge on any atom is -0.496 e. The van der Waals surface area contributed by atoms with Crippen LogP contribution < -0.4 is 10.1 Å². The third-order valence-corrected chi connectivity index (χ3v) is 3.94. The van der Waals surface area contributed by atoms with E-state index in [4.69, 9.17) is 4.74 Å².